The number of amides is 1. The Morgan fingerprint density at radius 2 is 2.04 bits per heavy atom. The minimum absolute atomic E-state index is 0.312. The zero-order chi connectivity index (χ0) is 18.5. The predicted molar refractivity (Wildman–Crippen MR) is 109 cm³/mol. The van der Waals surface area contributed by atoms with Crippen molar-refractivity contribution >= 4 is 45.1 Å². The molecule has 1 N–H and O–H groups in total. The fraction of sp³-hybridized carbons (Fsp3) is 0.200. The van der Waals surface area contributed by atoms with Crippen LogP contribution in [0.25, 0.3) is 10.1 Å². The molecule has 0 saturated heterocycles. The second kappa shape index (κ2) is 8.34. The van der Waals surface area contributed by atoms with Crippen LogP contribution in [0.5, 0.6) is 5.75 Å². The molecule has 0 aliphatic heterocycles. The lowest BCUT2D eigenvalue weighted by atomic mass is 10.2. The third-order valence-electron chi connectivity index (χ3n) is 3.72. The number of nitrogens with zero attached hydrogens (tertiary/aromatic N) is 1. The molecule has 3 aromatic rings. The average molecular weight is 387 g/mol. The third kappa shape index (κ3) is 4.23. The van der Waals surface area contributed by atoms with Crippen LogP contribution in [-0.2, 0) is 0 Å². The molecule has 6 heteroatoms. The van der Waals surface area contributed by atoms with Gasteiger partial charge < -0.3 is 4.74 Å². The monoisotopic (exact) mass is 386 g/mol. The quantitative estimate of drug-likeness (QED) is 0.454. The van der Waals surface area contributed by atoms with Gasteiger partial charge in [-0.1, -0.05) is 30.7 Å². The van der Waals surface area contributed by atoms with E-state index in [1.807, 2.05) is 49.4 Å². The number of rotatable bonds is 6. The average Bonchev–Trinajstić information content (AvgIpc) is 2.97. The van der Waals surface area contributed by atoms with E-state index in [1.54, 1.807) is 6.21 Å². The van der Waals surface area contributed by atoms with Gasteiger partial charge in [-0.05, 0) is 54.8 Å². The van der Waals surface area contributed by atoms with E-state index < -0.39 is 0 Å². The fourth-order valence-corrected chi connectivity index (χ4v) is 3.91. The van der Waals surface area contributed by atoms with Crippen LogP contribution in [0.15, 0.2) is 47.6 Å². The van der Waals surface area contributed by atoms with Gasteiger partial charge in [0.25, 0.3) is 5.91 Å². The zero-order valence-electron chi connectivity index (χ0n) is 14.6. The molecule has 0 aliphatic rings. The Hall–Kier alpha value is -2.37. The van der Waals surface area contributed by atoms with Gasteiger partial charge in [0.2, 0.25) is 0 Å². The first-order valence-corrected chi connectivity index (χ1v) is 9.53. The third-order valence-corrected chi connectivity index (χ3v) is 5.38. The normalized spacial score (nSPS) is 11.2. The van der Waals surface area contributed by atoms with Gasteiger partial charge in [-0.2, -0.15) is 5.10 Å². The summed E-state index contributed by atoms with van der Waals surface area (Å²) >= 11 is 7.71. The topological polar surface area (TPSA) is 50.7 Å². The van der Waals surface area contributed by atoms with Gasteiger partial charge in [-0.15, -0.1) is 11.3 Å². The first kappa shape index (κ1) is 18.4. The lowest BCUT2D eigenvalue weighted by Gasteiger charge is -2.03. The Balaban J connectivity index is 1.67. The summed E-state index contributed by atoms with van der Waals surface area (Å²) in [5, 5.41) is 5.38. The van der Waals surface area contributed by atoms with E-state index >= 15 is 0 Å². The van der Waals surface area contributed by atoms with Crippen molar-refractivity contribution in [2.45, 2.75) is 20.3 Å². The summed E-state index contributed by atoms with van der Waals surface area (Å²) in [5.74, 6) is 0.508. The number of benzene rings is 2. The Kier molecular flexibility index (Phi) is 5.91. The molecule has 1 heterocycles. The van der Waals surface area contributed by atoms with Crippen molar-refractivity contribution in [1.29, 1.82) is 0 Å². The predicted octanol–water partition coefficient (Wildman–Crippen LogP) is 5.42. The Bertz CT molecular complexity index is 948. The lowest BCUT2D eigenvalue weighted by Crippen LogP contribution is -2.16. The minimum Gasteiger partial charge on any atom is -0.494 e. The molecule has 2 aromatic carbocycles. The number of hydrogen-bond donors (Lipinski definition) is 1. The van der Waals surface area contributed by atoms with E-state index in [-0.39, 0.29) is 5.91 Å². The molecule has 0 saturated carbocycles. The van der Waals surface area contributed by atoms with Crippen LogP contribution in [0.3, 0.4) is 0 Å². The Labute approximate surface area is 161 Å². The molecule has 1 amide bonds. The highest BCUT2D eigenvalue weighted by atomic mass is 35.5. The number of fused-ring (bicyclic) bond motifs is 1. The second-order valence-corrected chi connectivity index (χ2v) is 7.29. The van der Waals surface area contributed by atoms with Crippen LogP contribution in [0.4, 0.5) is 0 Å². The number of ether oxygens (including phenoxy) is 1. The molecule has 0 fully saturated rings. The van der Waals surface area contributed by atoms with Crippen molar-refractivity contribution in [2.24, 2.45) is 5.10 Å². The van der Waals surface area contributed by atoms with Crippen LogP contribution >= 0.6 is 22.9 Å². The number of hydrogen-bond acceptors (Lipinski definition) is 4. The molecule has 0 radical (unpaired) electrons. The van der Waals surface area contributed by atoms with Gasteiger partial charge in [-0.25, -0.2) is 5.43 Å². The lowest BCUT2D eigenvalue weighted by molar-refractivity contribution is 0.0959. The minimum atomic E-state index is -0.312. The molecule has 3 rings (SSSR count). The molecule has 0 unspecified atom stereocenters. The first-order valence-electron chi connectivity index (χ1n) is 8.33. The van der Waals surface area contributed by atoms with E-state index in [1.165, 1.54) is 11.3 Å². The number of thiophene rings is 1. The fourth-order valence-electron chi connectivity index (χ4n) is 2.40. The maximum Gasteiger partial charge on any atom is 0.283 e. The van der Waals surface area contributed by atoms with Crippen molar-refractivity contribution in [1.82, 2.24) is 5.43 Å². The van der Waals surface area contributed by atoms with Crippen molar-refractivity contribution in [3.8, 4) is 5.75 Å². The van der Waals surface area contributed by atoms with Crippen molar-refractivity contribution < 1.29 is 9.53 Å². The number of nitrogens with one attached hydrogen (secondary N) is 1. The van der Waals surface area contributed by atoms with Crippen molar-refractivity contribution in [3.63, 3.8) is 0 Å². The molecule has 0 bridgehead atoms. The largest absolute Gasteiger partial charge is 0.494 e. The highest BCUT2D eigenvalue weighted by molar-refractivity contribution is 7.21. The van der Waals surface area contributed by atoms with Crippen LogP contribution in [0.2, 0.25) is 5.02 Å². The zero-order valence-corrected chi connectivity index (χ0v) is 16.2. The standard InChI is InChI=1S/C20H19ClN2O2S/c1-3-10-25-15-7-5-14(6-8-15)12-22-23-20(24)19-18(21)16-9-4-13(2)11-17(16)26-19/h4-9,11-12H,3,10H2,1-2H3,(H,23,24)/b22-12+. The van der Waals surface area contributed by atoms with Crippen LogP contribution in [0, 0.1) is 6.92 Å². The first-order chi connectivity index (χ1) is 12.6. The van der Waals surface area contributed by atoms with Gasteiger partial charge in [0, 0.05) is 10.1 Å². The number of carbonyl (C=O) groups is 1. The van der Waals surface area contributed by atoms with Crippen LogP contribution in [-0.4, -0.2) is 18.7 Å². The van der Waals surface area contributed by atoms with Gasteiger partial charge >= 0.3 is 0 Å². The van der Waals surface area contributed by atoms with E-state index in [0.29, 0.717) is 16.5 Å². The van der Waals surface area contributed by atoms with Crippen molar-refractivity contribution in [3.05, 3.63) is 63.5 Å². The Morgan fingerprint density at radius 1 is 1.27 bits per heavy atom. The summed E-state index contributed by atoms with van der Waals surface area (Å²) in [6, 6.07) is 13.5. The highest BCUT2D eigenvalue weighted by Gasteiger charge is 2.16. The second-order valence-electron chi connectivity index (χ2n) is 5.86. The summed E-state index contributed by atoms with van der Waals surface area (Å²) in [5.41, 5.74) is 4.54. The molecule has 26 heavy (non-hydrogen) atoms. The molecule has 4 nitrogen and oxygen atoms in total. The molecule has 0 aliphatic carbocycles. The van der Waals surface area contributed by atoms with E-state index in [0.717, 1.165) is 33.4 Å². The van der Waals surface area contributed by atoms with Crippen LogP contribution < -0.4 is 10.2 Å². The number of halogens is 1. The van der Waals surface area contributed by atoms with Gasteiger partial charge in [0.1, 0.15) is 10.6 Å². The molecule has 0 spiro atoms. The number of aryl methyl sites for hydroxylation is 1. The van der Waals surface area contributed by atoms with E-state index in [2.05, 4.69) is 17.5 Å². The molecular weight excluding hydrogens is 368 g/mol. The summed E-state index contributed by atoms with van der Waals surface area (Å²) in [6.07, 6.45) is 2.56. The SMILES string of the molecule is CCCOc1ccc(/C=N/NC(=O)c2sc3cc(C)ccc3c2Cl)cc1. The molecule has 0 atom stereocenters. The van der Waals surface area contributed by atoms with Gasteiger partial charge in [0.05, 0.1) is 17.8 Å². The highest BCUT2D eigenvalue weighted by Crippen LogP contribution is 2.35. The number of carbonyl (C=O) groups excluding carboxylic acids is 1. The summed E-state index contributed by atoms with van der Waals surface area (Å²) in [6.45, 7) is 4.77. The summed E-state index contributed by atoms with van der Waals surface area (Å²) < 4.78 is 6.53. The summed E-state index contributed by atoms with van der Waals surface area (Å²) in [7, 11) is 0. The summed E-state index contributed by atoms with van der Waals surface area (Å²) in [4.78, 5) is 12.8. The van der Waals surface area contributed by atoms with Crippen LogP contribution in [0.1, 0.15) is 34.1 Å². The van der Waals surface area contributed by atoms with E-state index in [4.69, 9.17) is 16.3 Å². The van der Waals surface area contributed by atoms with Gasteiger partial charge in [0.15, 0.2) is 0 Å². The number of hydrazone groups is 1. The molecular formula is C20H19ClN2O2S. The maximum absolute atomic E-state index is 12.4. The molecule has 134 valence electrons. The van der Waals surface area contributed by atoms with Gasteiger partial charge in [-0.3, -0.25) is 4.79 Å². The molecule has 1 aromatic heterocycles. The maximum atomic E-state index is 12.4. The Morgan fingerprint density at radius 3 is 2.77 bits per heavy atom. The van der Waals surface area contributed by atoms with E-state index in [9.17, 15) is 4.79 Å². The smallest absolute Gasteiger partial charge is 0.283 e. The van der Waals surface area contributed by atoms with Crippen molar-refractivity contribution in [2.75, 3.05) is 6.61 Å².